The Balaban J connectivity index is 1.97. The fourth-order valence-corrected chi connectivity index (χ4v) is 5.40. The lowest BCUT2D eigenvalue weighted by Crippen LogP contribution is -2.51. The predicted molar refractivity (Wildman–Crippen MR) is 147 cm³/mol. The maximum atomic E-state index is 13.8. The summed E-state index contributed by atoms with van der Waals surface area (Å²) < 4.78 is 28.3. The molecule has 3 rings (SSSR count). The van der Waals surface area contributed by atoms with Crippen molar-refractivity contribution in [3.8, 4) is 0 Å². The molecule has 1 atom stereocenters. The highest BCUT2D eigenvalue weighted by Gasteiger charge is 2.32. The van der Waals surface area contributed by atoms with E-state index in [0.717, 1.165) is 17.1 Å². The van der Waals surface area contributed by atoms with Crippen LogP contribution in [0.2, 0.25) is 5.02 Å². The van der Waals surface area contributed by atoms with Gasteiger partial charge < -0.3 is 10.2 Å². The Morgan fingerprint density at radius 2 is 1.51 bits per heavy atom. The van der Waals surface area contributed by atoms with Crippen LogP contribution in [0.15, 0.2) is 89.8 Å². The van der Waals surface area contributed by atoms with Crippen molar-refractivity contribution in [2.75, 3.05) is 17.4 Å². The molecule has 0 saturated heterocycles. The lowest BCUT2D eigenvalue weighted by Gasteiger charge is -2.32. The van der Waals surface area contributed by atoms with Crippen LogP contribution in [-0.2, 0) is 26.2 Å². The van der Waals surface area contributed by atoms with Crippen LogP contribution in [0, 0.1) is 0 Å². The lowest BCUT2D eigenvalue weighted by atomic mass is 10.1. The SMILES string of the molecule is CCCCNC(=O)[C@H](C)N(Cc1ccccc1Cl)C(=O)CN(c1ccccc1)S(=O)(=O)c1ccccc1. The molecule has 0 bridgehead atoms. The number of nitrogens with one attached hydrogen (secondary N) is 1. The quantitative estimate of drug-likeness (QED) is 0.331. The molecule has 3 aromatic carbocycles. The first-order valence-corrected chi connectivity index (χ1v) is 14.0. The molecule has 0 aliphatic heterocycles. The molecule has 0 aromatic heterocycles. The molecular formula is C28H32ClN3O4S. The Morgan fingerprint density at radius 3 is 2.14 bits per heavy atom. The number of carbonyl (C=O) groups excluding carboxylic acids is 2. The van der Waals surface area contributed by atoms with Gasteiger partial charge in [-0.15, -0.1) is 0 Å². The number of nitrogens with zero attached hydrogens (tertiary/aromatic N) is 2. The first-order chi connectivity index (χ1) is 17.8. The molecule has 0 unspecified atom stereocenters. The van der Waals surface area contributed by atoms with Crippen molar-refractivity contribution in [1.82, 2.24) is 10.2 Å². The summed E-state index contributed by atoms with van der Waals surface area (Å²) in [6.45, 7) is 3.71. The Hall–Kier alpha value is -3.36. The number of hydrogen-bond donors (Lipinski definition) is 1. The standard InChI is InChI=1S/C28H32ClN3O4S/c1-3-4-19-30-28(34)22(2)31(20-23-13-11-12-18-26(23)29)27(33)21-32(24-14-7-5-8-15-24)37(35,36)25-16-9-6-10-17-25/h5-18,22H,3-4,19-21H2,1-2H3,(H,30,34)/t22-/m0/s1. The molecule has 0 heterocycles. The highest BCUT2D eigenvalue weighted by molar-refractivity contribution is 7.92. The Bertz CT molecular complexity index is 1290. The molecule has 37 heavy (non-hydrogen) atoms. The van der Waals surface area contributed by atoms with E-state index in [1.807, 2.05) is 6.92 Å². The number of anilines is 1. The van der Waals surface area contributed by atoms with E-state index in [-0.39, 0.29) is 17.3 Å². The molecule has 9 heteroatoms. The van der Waals surface area contributed by atoms with Gasteiger partial charge in [-0.1, -0.05) is 79.5 Å². The number of halogens is 1. The Labute approximate surface area is 224 Å². The average molecular weight is 542 g/mol. The molecule has 1 N–H and O–H groups in total. The molecule has 0 fully saturated rings. The summed E-state index contributed by atoms with van der Waals surface area (Å²) in [4.78, 5) is 28.2. The zero-order valence-electron chi connectivity index (χ0n) is 21.0. The van der Waals surface area contributed by atoms with Gasteiger partial charge in [-0.2, -0.15) is 0 Å². The molecule has 0 spiro atoms. The summed E-state index contributed by atoms with van der Waals surface area (Å²) in [6.07, 6.45) is 1.73. The molecule has 196 valence electrons. The fourth-order valence-electron chi connectivity index (χ4n) is 3.77. The largest absolute Gasteiger partial charge is 0.354 e. The number of para-hydroxylation sites is 1. The van der Waals surface area contributed by atoms with Gasteiger partial charge in [0.25, 0.3) is 10.0 Å². The highest BCUT2D eigenvalue weighted by Crippen LogP contribution is 2.25. The van der Waals surface area contributed by atoms with Crippen LogP contribution in [-0.4, -0.2) is 44.3 Å². The van der Waals surface area contributed by atoms with Crippen molar-refractivity contribution in [3.05, 3.63) is 95.5 Å². The zero-order valence-corrected chi connectivity index (χ0v) is 22.6. The van der Waals surface area contributed by atoms with Crippen LogP contribution >= 0.6 is 11.6 Å². The summed E-state index contributed by atoms with van der Waals surface area (Å²) in [7, 11) is -4.07. The van der Waals surface area contributed by atoms with Crippen molar-refractivity contribution >= 4 is 39.1 Å². The fraction of sp³-hybridized carbons (Fsp3) is 0.286. The van der Waals surface area contributed by atoms with Crippen LogP contribution in [0.4, 0.5) is 5.69 Å². The summed E-state index contributed by atoms with van der Waals surface area (Å²) in [6, 6.07) is 22.6. The molecule has 0 saturated carbocycles. The number of sulfonamides is 1. The van der Waals surface area contributed by atoms with Crippen molar-refractivity contribution < 1.29 is 18.0 Å². The number of unbranched alkanes of at least 4 members (excludes halogenated alkanes) is 1. The summed E-state index contributed by atoms with van der Waals surface area (Å²) in [5, 5.41) is 3.32. The van der Waals surface area contributed by atoms with E-state index in [1.165, 1.54) is 17.0 Å². The number of rotatable bonds is 12. The summed E-state index contributed by atoms with van der Waals surface area (Å²) in [5.74, 6) is -0.840. The van der Waals surface area contributed by atoms with Crippen LogP contribution in [0.5, 0.6) is 0 Å². The minimum atomic E-state index is -4.07. The highest BCUT2D eigenvalue weighted by atomic mass is 35.5. The third-order valence-electron chi connectivity index (χ3n) is 5.95. The van der Waals surface area contributed by atoms with Gasteiger partial charge in [-0.25, -0.2) is 8.42 Å². The normalized spacial score (nSPS) is 12.0. The third-order valence-corrected chi connectivity index (χ3v) is 8.11. The van der Waals surface area contributed by atoms with Crippen molar-refractivity contribution in [2.24, 2.45) is 0 Å². The summed E-state index contributed by atoms with van der Waals surface area (Å²) in [5.41, 5.74) is 1.00. The van der Waals surface area contributed by atoms with E-state index in [1.54, 1.807) is 79.7 Å². The van der Waals surface area contributed by atoms with Crippen LogP contribution < -0.4 is 9.62 Å². The van der Waals surface area contributed by atoms with Gasteiger partial charge in [0.1, 0.15) is 12.6 Å². The molecule has 3 aromatic rings. The lowest BCUT2D eigenvalue weighted by molar-refractivity contribution is -0.139. The van der Waals surface area contributed by atoms with Gasteiger partial charge in [0.15, 0.2) is 0 Å². The predicted octanol–water partition coefficient (Wildman–Crippen LogP) is 4.87. The van der Waals surface area contributed by atoms with E-state index in [0.29, 0.717) is 22.8 Å². The second-order valence-electron chi connectivity index (χ2n) is 8.59. The Kier molecular flexibility index (Phi) is 10.1. The van der Waals surface area contributed by atoms with Gasteiger partial charge in [0.2, 0.25) is 11.8 Å². The molecular weight excluding hydrogens is 510 g/mol. The minimum Gasteiger partial charge on any atom is -0.354 e. The second kappa shape index (κ2) is 13.3. The van der Waals surface area contributed by atoms with Crippen molar-refractivity contribution in [2.45, 2.75) is 44.2 Å². The maximum Gasteiger partial charge on any atom is 0.264 e. The summed E-state index contributed by atoms with van der Waals surface area (Å²) >= 11 is 6.37. The van der Waals surface area contributed by atoms with E-state index in [2.05, 4.69) is 5.32 Å². The Morgan fingerprint density at radius 1 is 0.919 bits per heavy atom. The number of amides is 2. The number of carbonyl (C=O) groups is 2. The van der Waals surface area contributed by atoms with Crippen LogP contribution in [0.25, 0.3) is 0 Å². The first-order valence-electron chi connectivity index (χ1n) is 12.2. The van der Waals surface area contributed by atoms with Crippen LogP contribution in [0.3, 0.4) is 0 Å². The zero-order chi connectivity index (χ0) is 26.8. The van der Waals surface area contributed by atoms with E-state index >= 15 is 0 Å². The van der Waals surface area contributed by atoms with Crippen LogP contribution in [0.1, 0.15) is 32.3 Å². The first kappa shape index (κ1) is 28.2. The monoisotopic (exact) mass is 541 g/mol. The molecule has 2 amide bonds. The van der Waals surface area contributed by atoms with Gasteiger partial charge in [-0.05, 0) is 49.2 Å². The minimum absolute atomic E-state index is 0.0505. The van der Waals surface area contributed by atoms with Gasteiger partial charge in [0.05, 0.1) is 10.6 Å². The molecule has 0 aliphatic rings. The van der Waals surface area contributed by atoms with Crippen molar-refractivity contribution in [1.29, 1.82) is 0 Å². The van der Waals surface area contributed by atoms with E-state index < -0.39 is 28.5 Å². The van der Waals surface area contributed by atoms with Gasteiger partial charge >= 0.3 is 0 Å². The number of benzene rings is 3. The van der Waals surface area contributed by atoms with Gasteiger partial charge in [0, 0.05) is 18.1 Å². The third kappa shape index (κ3) is 7.33. The topological polar surface area (TPSA) is 86.8 Å². The second-order valence-corrected chi connectivity index (χ2v) is 10.9. The van der Waals surface area contributed by atoms with Gasteiger partial charge in [-0.3, -0.25) is 13.9 Å². The van der Waals surface area contributed by atoms with Crippen molar-refractivity contribution in [3.63, 3.8) is 0 Å². The molecule has 0 radical (unpaired) electrons. The molecule has 0 aliphatic carbocycles. The van der Waals surface area contributed by atoms with E-state index in [9.17, 15) is 18.0 Å². The van der Waals surface area contributed by atoms with E-state index in [4.69, 9.17) is 11.6 Å². The molecule has 7 nitrogen and oxygen atoms in total. The number of hydrogen-bond acceptors (Lipinski definition) is 4. The smallest absolute Gasteiger partial charge is 0.264 e. The average Bonchev–Trinajstić information content (AvgIpc) is 2.91. The maximum absolute atomic E-state index is 13.8.